The zero-order chi connectivity index (χ0) is 10.7. The van der Waals surface area contributed by atoms with Crippen LogP contribution in [-0.4, -0.2) is 0 Å². The molecule has 0 aliphatic carbocycles. The average Bonchev–Trinajstić information content (AvgIpc) is 2.24. The summed E-state index contributed by atoms with van der Waals surface area (Å²) >= 11 is 12.2. The van der Waals surface area contributed by atoms with Crippen LogP contribution in [0.2, 0.25) is 10.0 Å². The predicted octanol–water partition coefficient (Wildman–Crippen LogP) is 4.04. The standard InChI is InChI=1S/C12H9Cl2P.ClH/c13-9-5-1-3-7-11(9)15-12-8-4-2-6-10(12)14;/h1-8,15H;1H. The third-order valence-corrected chi connectivity index (χ3v) is 4.40. The zero-order valence-electron chi connectivity index (χ0n) is 8.28. The summed E-state index contributed by atoms with van der Waals surface area (Å²) < 4.78 is 0. The monoisotopic (exact) mass is 290 g/mol. The van der Waals surface area contributed by atoms with Gasteiger partial charge in [-0.15, -0.1) is 12.4 Å². The SMILES string of the molecule is Cl.Clc1ccccc1Pc1ccccc1Cl. The summed E-state index contributed by atoms with van der Waals surface area (Å²) in [7, 11) is 0.511. The summed E-state index contributed by atoms with van der Waals surface area (Å²) in [4.78, 5) is 0. The smallest absolute Gasteiger partial charge is 0.0483 e. The van der Waals surface area contributed by atoms with Crippen molar-refractivity contribution in [2.75, 3.05) is 0 Å². The first kappa shape index (κ1) is 13.8. The molecule has 0 atom stereocenters. The second-order valence-corrected chi connectivity index (χ2v) is 5.23. The Kier molecular flexibility index (Phi) is 5.58. The predicted molar refractivity (Wildman–Crippen MR) is 77.7 cm³/mol. The summed E-state index contributed by atoms with van der Waals surface area (Å²) in [5.41, 5.74) is 0. The molecular weight excluding hydrogens is 281 g/mol. The van der Waals surface area contributed by atoms with E-state index in [1.165, 1.54) is 0 Å². The fraction of sp³-hybridized carbons (Fsp3) is 0. The average molecular weight is 292 g/mol. The summed E-state index contributed by atoms with van der Waals surface area (Å²) in [5.74, 6) is 0. The summed E-state index contributed by atoms with van der Waals surface area (Å²) in [5, 5.41) is 3.87. The highest BCUT2D eigenvalue weighted by molar-refractivity contribution is 7.56. The van der Waals surface area contributed by atoms with Crippen molar-refractivity contribution in [3.05, 3.63) is 58.6 Å². The van der Waals surface area contributed by atoms with Gasteiger partial charge in [-0.25, -0.2) is 0 Å². The normalized spacial score (nSPS) is 9.62. The summed E-state index contributed by atoms with van der Waals surface area (Å²) in [6, 6.07) is 15.7. The molecule has 0 aliphatic rings. The molecule has 0 N–H and O–H groups in total. The van der Waals surface area contributed by atoms with Crippen molar-refractivity contribution in [1.29, 1.82) is 0 Å². The van der Waals surface area contributed by atoms with Crippen LogP contribution in [0.5, 0.6) is 0 Å². The van der Waals surface area contributed by atoms with Crippen LogP contribution in [0.15, 0.2) is 48.5 Å². The minimum absolute atomic E-state index is 0. The molecule has 2 aromatic rings. The Bertz CT molecular complexity index is 428. The topological polar surface area (TPSA) is 0 Å². The first-order chi connectivity index (χ1) is 7.27. The Labute approximate surface area is 113 Å². The van der Waals surface area contributed by atoms with Crippen LogP contribution < -0.4 is 10.6 Å². The van der Waals surface area contributed by atoms with Gasteiger partial charge in [-0.2, -0.15) is 0 Å². The van der Waals surface area contributed by atoms with E-state index < -0.39 is 0 Å². The molecular formula is C12H10Cl3P. The Morgan fingerprint density at radius 1 is 0.688 bits per heavy atom. The van der Waals surface area contributed by atoms with Crippen LogP contribution in [0.1, 0.15) is 0 Å². The second-order valence-electron chi connectivity index (χ2n) is 3.08. The first-order valence-corrected chi connectivity index (χ1v) is 6.29. The molecule has 0 spiro atoms. The third kappa shape index (κ3) is 3.37. The largest absolute Gasteiger partial charge is 0.147 e. The molecule has 0 amide bonds. The Hall–Kier alpha value is -0.260. The lowest BCUT2D eigenvalue weighted by Crippen LogP contribution is -2.05. The molecule has 16 heavy (non-hydrogen) atoms. The van der Waals surface area contributed by atoms with Crippen molar-refractivity contribution in [2.45, 2.75) is 0 Å². The molecule has 2 aromatic carbocycles. The van der Waals surface area contributed by atoms with Gasteiger partial charge in [0.2, 0.25) is 0 Å². The number of rotatable bonds is 2. The maximum absolute atomic E-state index is 6.09. The summed E-state index contributed by atoms with van der Waals surface area (Å²) in [6.45, 7) is 0. The lowest BCUT2D eigenvalue weighted by atomic mass is 10.4. The molecule has 4 heteroatoms. The van der Waals surface area contributed by atoms with Gasteiger partial charge < -0.3 is 0 Å². The van der Waals surface area contributed by atoms with E-state index in [1.54, 1.807) is 0 Å². The Morgan fingerprint density at radius 3 is 1.44 bits per heavy atom. The highest BCUT2D eigenvalue weighted by Gasteiger charge is 2.03. The van der Waals surface area contributed by atoms with E-state index in [0.29, 0.717) is 8.58 Å². The zero-order valence-corrected chi connectivity index (χ0v) is 11.6. The maximum Gasteiger partial charge on any atom is 0.0483 e. The van der Waals surface area contributed by atoms with Gasteiger partial charge in [-0.1, -0.05) is 68.2 Å². The number of halogens is 3. The first-order valence-electron chi connectivity index (χ1n) is 4.53. The van der Waals surface area contributed by atoms with E-state index in [4.69, 9.17) is 23.2 Å². The molecule has 0 radical (unpaired) electrons. The van der Waals surface area contributed by atoms with Gasteiger partial charge in [0.25, 0.3) is 0 Å². The quantitative estimate of drug-likeness (QED) is 0.733. The number of hydrogen-bond donors (Lipinski definition) is 0. The number of benzene rings is 2. The molecule has 0 saturated heterocycles. The third-order valence-electron chi connectivity index (χ3n) is 2.02. The molecule has 0 unspecified atom stereocenters. The van der Waals surface area contributed by atoms with Gasteiger partial charge in [-0.3, -0.25) is 0 Å². The van der Waals surface area contributed by atoms with Crippen LogP contribution in [0, 0.1) is 0 Å². The molecule has 0 heterocycles. The maximum atomic E-state index is 6.09. The molecule has 0 aliphatic heterocycles. The minimum Gasteiger partial charge on any atom is -0.147 e. The van der Waals surface area contributed by atoms with Gasteiger partial charge in [0.1, 0.15) is 0 Å². The molecule has 0 aromatic heterocycles. The molecule has 0 bridgehead atoms. The van der Waals surface area contributed by atoms with Crippen molar-refractivity contribution in [1.82, 2.24) is 0 Å². The van der Waals surface area contributed by atoms with Gasteiger partial charge in [0.05, 0.1) is 0 Å². The Balaban J connectivity index is 0.00000128. The van der Waals surface area contributed by atoms with Gasteiger partial charge in [0.15, 0.2) is 0 Å². The van der Waals surface area contributed by atoms with Crippen molar-refractivity contribution < 1.29 is 0 Å². The lowest BCUT2D eigenvalue weighted by molar-refractivity contribution is 1.76. The van der Waals surface area contributed by atoms with Crippen LogP contribution in [0.3, 0.4) is 0 Å². The van der Waals surface area contributed by atoms with Crippen molar-refractivity contribution in [3.63, 3.8) is 0 Å². The summed E-state index contributed by atoms with van der Waals surface area (Å²) in [6.07, 6.45) is 0. The lowest BCUT2D eigenvalue weighted by Gasteiger charge is -2.05. The number of hydrogen-bond acceptors (Lipinski definition) is 0. The minimum atomic E-state index is 0. The molecule has 0 saturated carbocycles. The molecule has 84 valence electrons. The molecule has 0 fully saturated rings. The fourth-order valence-corrected chi connectivity index (χ4v) is 2.88. The second kappa shape index (κ2) is 6.47. The van der Waals surface area contributed by atoms with Crippen molar-refractivity contribution >= 4 is 54.8 Å². The van der Waals surface area contributed by atoms with Crippen molar-refractivity contribution in [2.24, 2.45) is 0 Å². The fourth-order valence-electron chi connectivity index (χ4n) is 1.27. The molecule has 2 rings (SSSR count). The van der Waals surface area contributed by atoms with Gasteiger partial charge in [0, 0.05) is 10.0 Å². The van der Waals surface area contributed by atoms with E-state index in [2.05, 4.69) is 0 Å². The van der Waals surface area contributed by atoms with E-state index in [9.17, 15) is 0 Å². The van der Waals surface area contributed by atoms with Gasteiger partial charge >= 0.3 is 0 Å². The van der Waals surface area contributed by atoms with Gasteiger partial charge in [-0.05, 0) is 22.7 Å². The van der Waals surface area contributed by atoms with E-state index >= 15 is 0 Å². The highest BCUT2D eigenvalue weighted by atomic mass is 35.5. The molecule has 0 nitrogen and oxygen atoms in total. The van der Waals surface area contributed by atoms with Crippen LogP contribution in [0.25, 0.3) is 0 Å². The van der Waals surface area contributed by atoms with Crippen molar-refractivity contribution in [3.8, 4) is 0 Å². The van der Waals surface area contributed by atoms with E-state index in [1.807, 2.05) is 48.5 Å². The van der Waals surface area contributed by atoms with Crippen LogP contribution in [0.4, 0.5) is 0 Å². The van der Waals surface area contributed by atoms with E-state index in [-0.39, 0.29) is 12.4 Å². The van der Waals surface area contributed by atoms with Crippen LogP contribution >= 0.6 is 44.2 Å². The van der Waals surface area contributed by atoms with E-state index in [0.717, 1.165) is 20.7 Å². The van der Waals surface area contributed by atoms with Crippen LogP contribution in [-0.2, 0) is 0 Å². The Morgan fingerprint density at radius 2 is 1.06 bits per heavy atom. The highest BCUT2D eigenvalue weighted by Crippen LogP contribution is 2.20.